The summed E-state index contributed by atoms with van der Waals surface area (Å²) in [5, 5.41) is 9.09. The summed E-state index contributed by atoms with van der Waals surface area (Å²) in [5.41, 5.74) is 0. The van der Waals surface area contributed by atoms with Crippen LogP contribution in [-0.2, 0) is 27.2 Å². The van der Waals surface area contributed by atoms with Gasteiger partial charge in [0, 0.05) is 0 Å². The molecule has 0 aromatic heterocycles. The Morgan fingerprint density at radius 1 is 0.929 bits per heavy atom. The number of alkyl halides is 5. The van der Waals surface area contributed by atoms with Gasteiger partial charge >= 0.3 is 34.5 Å². The van der Waals surface area contributed by atoms with Crippen LogP contribution in [0.25, 0.3) is 0 Å². The van der Waals surface area contributed by atoms with Crippen LogP contribution in [-0.4, -0.2) is 34.5 Å². The summed E-state index contributed by atoms with van der Waals surface area (Å²) in [6.45, 7) is 0. The maximum absolute atomic E-state index is 11.3. The van der Waals surface area contributed by atoms with Crippen molar-refractivity contribution >= 4 is 5.97 Å². The number of aliphatic carboxylic acids is 1. The second-order valence-electron chi connectivity index (χ2n) is 1.36. The first-order valence-electron chi connectivity index (χ1n) is 1.85. The molecule has 0 spiro atoms. The molecule has 0 aliphatic heterocycles. The minimum atomic E-state index is -6.08. The van der Waals surface area contributed by atoms with Crippen LogP contribution in [0.2, 0.25) is 0 Å². The zero-order valence-corrected chi connectivity index (χ0v) is 7.49. The van der Waals surface area contributed by atoms with E-state index in [9.17, 15) is 22.0 Å². The molecule has 94 valence electrons. The first kappa shape index (κ1) is 29.2. The Hall–Kier alpha value is -0.260. The Balaban J connectivity index is -0.0000000675. The molecule has 0 heterocycles. The number of hydrogen-bond acceptors (Lipinski definition) is 2. The third kappa shape index (κ3) is 6.23. The zero-order valence-electron chi connectivity index (χ0n) is 6.01. The summed E-state index contributed by atoms with van der Waals surface area (Å²) in [6.07, 6.45) is -6.08. The molecular formula is C3H6AgF5O5. The fourth-order valence-electron chi connectivity index (χ4n) is 0.116. The molecular weight excluding hydrogens is 319 g/mol. The van der Waals surface area contributed by atoms with Gasteiger partial charge in [-0.1, -0.05) is 0 Å². The van der Waals surface area contributed by atoms with E-state index < -0.39 is 18.1 Å². The number of carbonyl (C=O) groups is 1. The fourth-order valence-corrected chi connectivity index (χ4v) is 0.116. The molecule has 14 heavy (non-hydrogen) atoms. The molecule has 0 fully saturated rings. The molecule has 0 saturated heterocycles. The largest absolute Gasteiger partial charge is 1.00 e. The van der Waals surface area contributed by atoms with Crippen molar-refractivity contribution in [2.24, 2.45) is 0 Å². The second kappa shape index (κ2) is 8.08. The molecule has 0 aliphatic rings. The van der Waals surface area contributed by atoms with Gasteiger partial charge in [-0.2, -0.15) is 22.0 Å². The molecule has 0 amide bonds. The van der Waals surface area contributed by atoms with Crippen molar-refractivity contribution in [3.63, 3.8) is 0 Å². The van der Waals surface area contributed by atoms with E-state index in [2.05, 4.69) is 0 Å². The summed E-state index contributed by atoms with van der Waals surface area (Å²) in [7, 11) is 0. The Morgan fingerprint density at radius 3 is 1.14 bits per heavy atom. The molecule has 0 aliphatic carbocycles. The van der Waals surface area contributed by atoms with Crippen LogP contribution >= 0.6 is 0 Å². The first-order chi connectivity index (χ1) is 4.19. The molecule has 0 unspecified atom stereocenters. The van der Waals surface area contributed by atoms with Gasteiger partial charge in [-0.05, 0) is 0 Å². The van der Waals surface area contributed by atoms with Crippen LogP contribution in [0, 0.1) is 0 Å². The number of hydrogen-bond donors (Lipinski definition) is 0. The normalized spacial score (nSPS) is 9.50. The summed E-state index contributed by atoms with van der Waals surface area (Å²) in [5.74, 6) is -9.20. The van der Waals surface area contributed by atoms with Crippen molar-refractivity contribution in [1.29, 1.82) is 0 Å². The number of carboxylic acid groups (broad SMARTS) is 1. The van der Waals surface area contributed by atoms with Gasteiger partial charge in [-0.15, -0.1) is 0 Å². The van der Waals surface area contributed by atoms with E-state index in [0.717, 1.165) is 0 Å². The van der Waals surface area contributed by atoms with Gasteiger partial charge in [0.25, 0.3) is 0 Å². The van der Waals surface area contributed by atoms with Crippen LogP contribution in [0.3, 0.4) is 0 Å². The molecule has 0 aromatic rings. The number of halogens is 5. The van der Waals surface area contributed by atoms with Gasteiger partial charge in [-0.25, -0.2) is 0 Å². The van der Waals surface area contributed by atoms with E-state index in [1.165, 1.54) is 0 Å². The number of carbonyl (C=O) groups excluding carboxylic acids is 1. The average molecular weight is 325 g/mol. The molecule has 0 radical (unpaired) electrons. The predicted molar refractivity (Wildman–Crippen MR) is 26.9 cm³/mol. The van der Waals surface area contributed by atoms with Crippen molar-refractivity contribution in [3.05, 3.63) is 0 Å². The smallest absolute Gasteiger partial charge is 0.544 e. The monoisotopic (exact) mass is 324 g/mol. The first-order valence-corrected chi connectivity index (χ1v) is 1.85. The minimum Gasteiger partial charge on any atom is -0.544 e. The number of rotatable bonds is 1. The topological polar surface area (TPSA) is 135 Å². The van der Waals surface area contributed by atoms with E-state index >= 15 is 0 Å². The van der Waals surface area contributed by atoms with Gasteiger partial charge in [0.1, 0.15) is 5.97 Å². The van der Waals surface area contributed by atoms with Crippen LogP contribution in [0.5, 0.6) is 0 Å². The van der Waals surface area contributed by atoms with Gasteiger partial charge in [-0.3, -0.25) is 0 Å². The van der Waals surface area contributed by atoms with Crippen LogP contribution < -0.4 is 5.11 Å². The predicted octanol–water partition coefficient (Wildman–Crippen LogP) is -2.54. The Bertz CT molecular complexity index is 158. The van der Waals surface area contributed by atoms with E-state index in [1.54, 1.807) is 0 Å². The summed E-state index contributed by atoms with van der Waals surface area (Å²) in [4.78, 5) is 9.09. The van der Waals surface area contributed by atoms with Crippen LogP contribution in [0.1, 0.15) is 0 Å². The molecule has 0 saturated carbocycles. The number of carboxylic acids is 1. The van der Waals surface area contributed by atoms with E-state index in [-0.39, 0.29) is 38.8 Å². The van der Waals surface area contributed by atoms with Crippen molar-refractivity contribution < 1.29 is 70.7 Å². The summed E-state index contributed by atoms with van der Waals surface area (Å²) >= 11 is 0. The summed E-state index contributed by atoms with van der Waals surface area (Å²) in [6, 6.07) is 0. The molecule has 0 aromatic carbocycles. The SMILES string of the molecule is O.O.O.O=C([O-])C(F)(F)C(F)(F)F.[Ag+]. The molecule has 0 atom stereocenters. The van der Waals surface area contributed by atoms with Gasteiger partial charge < -0.3 is 26.3 Å². The Morgan fingerprint density at radius 2 is 1.14 bits per heavy atom. The second-order valence-corrected chi connectivity index (χ2v) is 1.36. The minimum absolute atomic E-state index is 0. The molecule has 0 bridgehead atoms. The van der Waals surface area contributed by atoms with Crippen molar-refractivity contribution in [3.8, 4) is 0 Å². The van der Waals surface area contributed by atoms with Crippen molar-refractivity contribution in [2.45, 2.75) is 12.1 Å². The quantitative estimate of drug-likeness (QED) is 0.388. The van der Waals surface area contributed by atoms with Crippen LogP contribution in [0.4, 0.5) is 22.0 Å². The zero-order chi connectivity index (χ0) is 8.58. The van der Waals surface area contributed by atoms with Gasteiger partial charge in [0.2, 0.25) is 0 Å². The third-order valence-electron chi connectivity index (χ3n) is 0.612. The Kier molecular flexibility index (Phi) is 16.9. The molecule has 11 heteroatoms. The average Bonchev–Trinajstić information content (AvgIpc) is 1.62. The molecule has 0 rings (SSSR count). The third-order valence-corrected chi connectivity index (χ3v) is 0.612. The van der Waals surface area contributed by atoms with Crippen molar-refractivity contribution in [1.82, 2.24) is 0 Å². The van der Waals surface area contributed by atoms with Gasteiger partial charge in [0.15, 0.2) is 0 Å². The van der Waals surface area contributed by atoms with E-state index in [4.69, 9.17) is 9.90 Å². The standard InChI is InChI=1S/C3HF5O2.Ag.3H2O/c4-2(5,1(9)10)3(6,7)8;;;;/h(H,9,10);;3*1H2/q;+1;;;/p-1. The molecule has 6 N–H and O–H groups in total. The summed E-state index contributed by atoms with van der Waals surface area (Å²) < 4.78 is 55.3. The maximum atomic E-state index is 11.3. The maximum Gasteiger partial charge on any atom is 1.00 e. The fraction of sp³-hybridized carbons (Fsp3) is 0.667. The van der Waals surface area contributed by atoms with Crippen molar-refractivity contribution in [2.75, 3.05) is 0 Å². The van der Waals surface area contributed by atoms with Gasteiger partial charge in [0.05, 0.1) is 0 Å². The van der Waals surface area contributed by atoms with E-state index in [1.807, 2.05) is 0 Å². The van der Waals surface area contributed by atoms with E-state index in [0.29, 0.717) is 0 Å². The van der Waals surface area contributed by atoms with Crippen LogP contribution in [0.15, 0.2) is 0 Å². The Labute approximate surface area is 89.3 Å². The molecule has 5 nitrogen and oxygen atoms in total.